The van der Waals surface area contributed by atoms with Crippen molar-refractivity contribution in [3.63, 3.8) is 0 Å². The number of nitrogens with zero attached hydrogens (tertiary/aromatic N) is 1. The Morgan fingerprint density at radius 3 is 2.56 bits per heavy atom. The predicted molar refractivity (Wildman–Crippen MR) is 64.0 cm³/mol. The maximum Gasteiger partial charge on any atom is 0.317 e. The van der Waals surface area contributed by atoms with Gasteiger partial charge in [-0.3, -0.25) is 9.59 Å². The second-order valence-electron chi connectivity index (χ2n) is 4.46. The van der Waals surface area contributed by atoms with Gasteiger partial charge in [-0.2, -0.15) is 0 Å². The molecule has 0 radical (unpaired) electrons. The van der Waals surface area contributed by atoms with E-state index in [1.165, 1.54) is 19.0 Å². The maximum absolute atomic E-state index is 11.8. The third kappa shape index (κ3) is 3.61. The second-order valence-corrected chi connectivity index (χ2v) is 4.46. The van der Waals surface area contributed by atoms with Gasteiger partial charge in [-0.15, -0.1) is 0 Å². The summed E-state index contributed by atoms with van der Waals surface area (Å²) in [5, 5.41) is 14.1. The molecule has 0 bridgehead atoms. The first-order chi connectivity index (χ1) is 8.45. The van der Waals surface area contributed by atoms with Gasteiger partial charge in [0.1, 0.15) is 6.54 Å². The zero-order chi connectivity index (χ0) is 13.7. The minimum Gasteiger partial charge on any atom is -0.481 e. The molecule has 1 rings (SSSR count). The summed E-state index contributed by atoms with van der Waals surface area (Å²) in [4.78, 5) is 35.1. The minimum absolute atomic E-state index is 0.0488. The van der Waals surface area contributed by atoms with Crippen molar-refractivity contribution in [2.24, 2.45) is 5.92 Å². The number of urea groups is 1. The van der Waals surface area contributed by atoms with Crippen molar-refractivity contribution in [3.05, 3.63) is 0 Å². The van der Waals surface area contributed by atoms with Gasteiger partial charge in [0.25, 0.3) is 0 Å². The topological polar surface area (TPSA) is 98.7 Å². The first-order valence-corrected chi connectivity index (χ1v) is 5.90. The Kier molecular flexibility index (Phi) is 4.94. The van der Waals surface area contributed by atoms with E-state index in [4.69, 9.17) is 5.11 Å². The quantitative estimate of drug-likeness (QED) is 0.639. The molecule has 0 aromatic carbocycles. The molecule has 1 saturated carbocycles. The lowest BCUT2D eigenvalue weighted by Crippen LogP contribution is -2.48. The van der Waals surface area contributed by atoms with Gasteiger partial charge in [-0.05, 0) is 12.8 Å². The van der Waals surface area contributed by atoms with Gasteiger partial charge in [-0.25, -0.2) is 4.79 Å². The Morgan fingerprint density at radius 1 is 1.33 bits per heavy atom. The molecule has 0 aliphatic heterocycles. The summed E-state index contributed by atoms with van der Waals surface area (Å²) in [6.07, 6.45) is 2.04. The fourth-order valence-electron chi connectivity index (χ4n) is 2.06. The Bertz CT molecular complexity index is 345. The summed E-state index contributed by atoms with van der Waals surface area (Å²) >= 11 is 0. The van der Waals surface area contributed by atoms with Crippen molar-refractivity contribution in [1.29, 1.82) is 0 Å². The van der Waals surface area contributed by atoms with Gasteiger partial charge < -0.3 is 20.6 Å². The van der Waals surface area contributed by atoms with Crippen molar-refractivity contribution in [3.8, 4) is 0 Å². The van der Waals surface area contributed by atoms with E-state index in [0.29, 0.717) is 12.8 Å². The van der Waals surface area contributed by atoms with Gasteiger partial charge in [0, 0.05) is 20.1 Å². The summed E-state index contributed by atoms with van der Waals surface area (Å²) < 4.78 is 0. The average molecular weight is 257 g/mol. The van der Waals surface area contributed by atoms with Crippen LogP contribution >= 0.6 is 0 Å². The van der Waals surface area contributed by atoms with Gasteiger partial charge in [0.2, 0.25) is 5.91 Å². The molecule has 7 heteroatoms. The van der Waals surface area contributed by atoms with Gasteiger partial charge >= 0.3 is 12.0 Å². The number of aliphatic carboxylic acids is 1. The summed E-state index contributed by atoms with van der Waals surface area (Å²) in [6.45, 7) is -0.0488. The van der Waals surface area contributed by atoms with Gasteiger partial charge in [-0.1, -0.05) is 6.42 Å². The highest BCUT2D eigenvalue weighted by Gasteiger charge is 2.34. The second kappa shape index (κ2) is 6.23. The Balaban J connectivity index is 2.48. The zero-order valence-corrected chi connectivity index (χ0v) is 10.6. The molecule has 0 aromatic heterocycles. The standard InChI is InChI=1S/C11H19N3O4/c1-12-9(15)6-14(2)11(18)13-8-5-3-4-7(8)10(16)17/h7-8H,3-6H2,1-2H3,(H,12,15)(H,13,18)(H,16,17). The number of carboxylic acids is 1. The highest BCUT2D eigenvalue weighted by atomic mass is 16.4. The summed E-state index contributed by atoms with van der Waals surface area (Å²) in [6, 6.07) is -0.765. The molecule has 1 aliphatic carbocycles. The van der Waals surface area contributed by atoms with Crippen LogP contribution in [0.4, 0.5) is 4.79 Å². The van der Waals surface area contributed by atoms with Crippen LogP contribution in [0.25, 0.3) is 0 Å². The molecule has 2 atom stereocenters. The molecular weight excluding hydrogens is 238 g/mol. The molecule has 1 aliphatic rings. The SMILES string of the molecule is CNC(=O)CN(C)C(=O)NC1CCCC1C(=O)O. The lowest BCUT2D eigenvalue weighted by Gasteiger charge is -2.22. The number of hydrogen-bond acceptors (Lipinski definition) is 3. The molecule has 0 heterocycles. The molecule has 2 unspecified atom stereocenters. The largest absolute Gasteiger partial charge is 0.481 e. The van der Waals surface area contributed by atoms with Crippen LogP contribution in [0, 0.1) is 5.92 Å². The van der Waals surface area contributed by atoms with Crippen LogP contribution < -0.4 is 10.6 Å². The van der Waals surface area contributed by atoms with Crippen molar-refractivity contribution in [1.82, 2.24) is 15.5 Å². The van der Waals surface area contributed by atoms with E-state index >= 15 is 0 Å². The first-order valence-electron chi connectivity index (χ1n) is 5.90. The molecule has 0 saturated heterocycles. The first kappa shape index (κ1) is 14.3. The fourth-order valence-corrected chi connectivity index (χ4v) is 2.06. The molecule has 102 valence electrons. The molecule has 3 amide bonds. The number of carbonyl (C=O) groups excluding carboxylic acids is 2. The van der Waals surface area contributed by atoms with Crippen molar-refractivity contribution in [2.45, 2.75) is 25.3 Å². The number of carbonyl (C=O) groups is 3. The lowest BCUT2D eigenvalue weighted by atomic mass is 10.0. The van der Waals surface area contributed by atoms with E-state index in [-0.39, 0.29) is 18.5 Å². The van der Waals surface area contributed by atoms with E-state index in [1.807, 2.05) is 0 Å². The molecule has 18 heavy (non-hydrogen) atoms. The number of carboxylic acid groups (broad SMARTS) is 1. The van der Waals surface area contributed by atoms with E-state index in [2.05, 4.69) is 10.6 Å². The molecule has 0 aromatic rings. The number of nitrogens with one attached hydrogen (secondary N) is 2. The number of likely N-dealkylation sites (N-methyl/N-ethyl adjacent to an activating group) is 2. The van der Waals surface area contributed by atoms with E-state index in [1.54, 1.807) is 0 Å². The smallest absolute Gasteiger partial charge is 0.317 e. The van der Waals surface area contributed by atoms with Crippen LogP contribution in [0.1, 0.15) is 19.3 Å². The Morgan fingerprint density at radius 2 is 2.00 bits per heavy atom. The van der Waals surface area contributed by atoms with E-state index in [0.717, 1.165) is 6.42 Å². The van der Waals surface area contributed by atoms with Crippen LogP contribution in [0.2, 0.25) is 0 Å². The lowest BCUT2D eigenvalue weighted by molar-refractivity contribution is -0.142. The van der Waals surface area contributed by atoms with Crippen molar-refractivity contribution < 1.29 is 19.5 Å². The summed E-state index contributed by atoms with van der Waals surface area (Å²) in [5.41, 5.74) is 0. The van der Waals surface area contributed by atoms with Gasteiger partial charge in [0.05, 0.1) is 5.92 Å². The number of amides is 3. The predicted octanol–water partition coefficient (Wildman–Crippen LogP) is -0.373. The third-order valence-electron chi connectivity index (χ3n) is 3.15. The molecule has 1 fully saturated rings. The van der Waals surface area contributed by atoms with Crippen LogP contribution in [0.5, 0.6) is 0 Å². The Labute approximate surface area is 106 Å². The molecule has 3 N–H and O–H groups in total. The average Bonchev–Trinajstić information content (AvgIpc) is 2.76. The minimum atomic E-state index is -0.883. The van der Waals surface area contributed by atoms with Crippen molar-refractivity contribution in [2.75, 3.05) is 20.6 Å². The summed E-state index contributed by atoms with van der Waals surface area (Å²) in [5.74, 6) is -1.68. The number of hydrogen-bond donors (Lipinski definition) is 3. The van der Waals surface area contributed by atoms with Gasteiger partial charge in [0.15, 0.2) is 0 Å². The number of rotatable bonds is 4. The third-order valence-corrected chi connectivity index (χ3v) is 3.15. The fraction of sp³-hybridized carbons (Fsp3) is 0.727. The molecular formula is C11H19N3O4. The van der Waals surface area contributed by atoms with Crippen LogP contribution in [-0.4, -0.2) is 54.6 Å². The van der Waals surface area contributed by atoms with E-state index < -0.39 is 17.9 Å². The maximum atomic E-state index is 11.8. The van der Waals surface area contributed by atoms with Crippen LogP contribution in [-0.2, 0) is 9.59 Å². The van der Waals surface area contributed by atoms with Crippen molar-refractivity contribution >= 4 is 17.9 Å². The molecule has 0 spiro atoms. The Hall–Kier alpha value is -1.79. The van der Waals surface area contributed by atoms with Crippen LogP contribution in [0.15, 0.2) is 0 Å². The zero-order valence-electron chi connectivity index (χ0n) is 10.6. The summed E-state index contributed by atoms with van der Waals surface area (Å²) in [7, 11) is 2.99. The van der Waals surface area contributed by atoms with E-state index in [9.17, 15) is 14.4 Å². The highest BCUT2D eigenvalue weighted by Crippen LogP contribution is 2.25. The highest BCUT2D eigenvalue weighted by molar-refractivity contribution is 5.84. The normalized spacial score (nSPS) is 22.3. The monoisotopic (exact) mass is 257 g/mol. The van der Waals surface area contributed by atoms with Crippen LogP contribution in [0.3, 0.4) is 0 Å². The molecule has 7 nitrogen and oxygen atoms in total.